The number of ether oxygens (including phenoxy) is 2. The topological polar surface area (TPSA) is 55.8 Å². The average molecular weight is 278 g/mol. The molecule has 0 amide bonds. The van der Waals surface area contributed by atoms with Gasteiger partial charge >= 0.3 is 12.1 Å². The first kappa shape index (κ1) is 15.3. The summed E-state index contributed by atoms with van der Waals surface area (Å²) in [6.45, 7) is -0.543. The van der Waals surface area contributed by atoms with E-state index in [1.165, 1.54) is 19.2 Å². The molecule has 1 aromatic carbocycles. The van der Waals surface area contributed by atoms with E-state index in [2.05, 4.69) is 0 Å². The van der Waals surface area contributed by atoms with Crippen molar-refractivity contribution in [3.05, 3.63) is 29.3 Å². The molecule has 1 N–H and O–H groups in total. The average Bonchev–Trinajstić information content (AvgIpc) is 2.33. The minimum atomic E-state index is -4.26. The van der Waals surface area contributed by atoms with E-state index in [-0.39, 0.29) is 17.9 Å². The molecule has 0 radical (unpaired) electrons. The summed E-state index contributed by atoms with van der Waals surface area (Å²) < 4.78 is 45.3. The first-order chi connectivity index (χ1) is 8.83. The first-order valence-corrected chi connectivity index (χ1v) is 5.38. The van der Waals surface area contributed by atoms with Gasteiger partial charge in [-0.1, -0.05) is 6.07 Å². The highest BCUT2D eigenvalue weighted by Crippen LogP contribution is 2.21. The monoisotopic (exact) mass is 278 g/mol. The molecular formula is C12H13F3O4. The van der Waals surface area contributed by atoms with Crippen molar-refractivity contribution in [3.63, 3.8) is 0 Å². The highest BCUT2D eigenvalue weighted by atomic mass is 19.4. The molecule has 0 atom stereocenters. The summed E-state index contributed by atoms with van der Waals surface area (Å²) in [5.41, 5.74) is 0.416. The number of hydrogen-bond donors (Lipinski definition) is 1. The SMILES string of the molecule is COc1ccc(COCCC(F)(F)F)cc1C(=O)O. The number of carboxylic acids is 1. The van der Waals surface area contributed by atoms with Gasteiger partial charge in [-0.2, -0.15) is 13.2 Å². The van der Waals surface area contributed by atoms with E-state index in [1.54, 1.807) is 6.07 Å². The van der Waals surface area contributed by atoms with Crippen LogP contribution in [0.3, 0.4) is 0 Å². The van der Waals surface area contributed by atoms with Gasteiger partial charge in [-0.15, -0.1) is 0 Å². The van der Waals surface area contributed by atoms with Crippen LogP contribution in [0.15, 0.2) is 18.2 Å². The Bertz CT molecular complexity index is 443. The highest BCUT2D eigenvalue weighted by molar-refractivity contribution is 5.91. The molecule has 1 aromatic rings. The summed E-state index contributed by atoms with van der Waals surface area (Å²) in [6.07, 6.45) is -5.29. The van der Waals surface area contributed by atoms with Crippen LogP contribution in [0.2, 0.25) is 0 Å². The second-order valence-corrected chi connectivity index (χ2v) is 3.76. The third-order valence-electron chi connectivity index (χ3n) is 2.29. The van der Waals surface area contributed by atoms with E-state index in [9.17, 15) is 18.0 Å². The molecule has 0 spiro atoms. The zero-order valence-corrected chi connectivity index (χ0v) is 10.2. The van der Waals surface area contributed by atoms with Crippen LogP contribution in [0, 0.1) is 0 Å². The fourth-order valence-electron chi connectivity index (χ4n) is 1.39. The maximum Gasteiger partial charge on any atom is 0.391 e. The van der Waals surface area contributed by atoms with Crippen LogP contribution in [0.4, 0.5) is 13.2 Å². The van der Waals surface area contributed by atoms with Crippen LogP contribution in [-0.2, 0) is 11.3 Å². The third-order valence-corrected chi connectivity index (χ3v) is 2.29. The van der Waals surface area contributed by atoms with Gasteiger partial charge in [0.15, 0.2) is 0 Å². The molecule has 0 saturated carbocycles. The van der Waals surface area contributed by atoms with Crippen LogP contribution in [0.5, 0.6) is 5.75 Å². The molecule has 0 unspecified atom stereocenters. The molecule has 0 heterocycles. The summed E-state index contributed by atoms with van der Waals surface area (Å²) >= 11 is 0. The predicted octanol–water partition coefficient (Wildman–Crippen LogP) is 2.86. The van der Waals surface area contributed by atoms with Gasteiger partial charge in [0.05, 0.1) is 26.7 Å². The Balaban J connectivity index is 2.60. The number of benzene rings is 1. The van der Waals surface area contributed by atoms with Gasteiger partial charge in [0.2, 0.25) is 0 Å². The minimum Gasteiger partial charge on any atom is -0.496 e. The molecule has 0 bridgehead atoms. The lowest BCUT2D eigenvalue weighted by atomic mass is 10.1. The van der Waals surface area contributed by atoms with E-state index in [4.69, 9.17) is 14.6 Å². The lowest BCUT2D eigenvalue weighted by Crippen LogP contribution is -2.11. The normalized spacial score (nSPS) is 11.4. The third kappa shape index (κ3) is 5.17. The van der Waals surface area contributed by atoms with E-state index in [0.29, 0.717) is 5.56 Å². The van der Waals surface area contributed by atoms with Crippen LogP contribution in [0.1, 0.15) is 22.3 Å². The van der Waals surface area contributed by atoms with Gasteiger partial charge in [-0.25, -0.2) is 4.79 Å². The number of halogens is 3. The molecule has 0 aliphatic rings. The number of hydrogen-bond acceptors (Lipinski definition) is 3. The molecule has 0 aliphatic carbocycles. The Hall–Kier alpha value is -1.76. The number of carbonyl (C=O) groups is 1. The van der Waals surface area contributed by atoms with Gasteiger partial charge in [0, 0.05) is 0 Å². The fraction of sp³-hybridized carbons (Fsp3) is 0.417. The molecule has 7 heteroatoms. The molecule has 0 saturated heterocycles. The van der Waals surface area contributed by atoms with E-state index < -0.39 is 25.2 Å². The summed E-state index contributed by atoms with van der Waals surface area (Å²) in [5.74, 6) is -0.986. The quantitative estimate of drug-likeness (QED) is 0.813. The molecular weight excluding hydrogens is 265 g/mol. The molecule has 0 fully saturated rings. The van der Waals surface area contributed by atoms with Crippen LogP contribution < -0.4 is 4.74 Å². The Kier molecular flexibility index (Phi) is 5.17. The van der Waals surface area contributed by atoms with Gasteiger partial charge in [-0.05, 0) is 17.7 Å². The number of methoxy groups -OCH3 is 1. The Morgan fingerprint density at radius 2 is 2.05 bits per heavy atom. The van der Waals surface area contributed by atoms with Crippen LogP contribution in [-0.4, -0.2) is 31.0 Å². The zero-order valence-electron chi connectivity index (χ0n) is 10.2. The van der Waals surface area contributed by atoms with Crippen molar-refractivity contribution in [1.29, 1.82) is 0 Å². The van der Waals surface area contributed by atoms with Gasteiger partial charge < -0.3 is 14.6 Å². The van der Waals surface area contributed by atoms with Crippen molar-refractivity contribution in [2.45, 2.75) is 19.2 Å². The molecule has 1 rings (SSSR count). The zero-order chi connectivity index (χ0) is 14.5. The smallest absolute Gasteiger partial charge is 0.391 e. The maximum absolute atomic E-state index is 11.9. The number of alkyl halides is 3. The maximum atomic E-state index is 11.9. The summed E-state index contributed by atoms with van der Waals surface area (Å²) in [7, 11) is 1.33. The van der Waals surface area contributed by atoms with Crippen molar-refractivity contribution >= 4 is 5.97 Å². The lowest BCUT2D eigenvalue weighted by Gasteiger charge is -2.09. The first-order valence-electron chi connectivity index (χ1n) is 5.38. The number of aromatic carboxylic acids is 1. The Morgan fingerprint density at radius 1 is 1.37 bits per heavy atom. The lowest BCUT2D eigenvalue weighted by molar-refractivity contribution is -0.146. The van der Waals surface area contributed by atoms with Gasteiger partial charge in [-0.3, -0.25) is 0 Å². The largest absolute Gasteiger partial charge is 0.496 e. The molecule has 0 aromatic heterocycles. The van der Waals surface area contributed by atoms with E-state index in [0.717, 1.165) is 0 Å². The van der Waals surface area contributed by atoms with Crippen molar-refractivity contribution < 1.29 is 32.5 Å². The Morgan fingerprint density at radius 3 is 2.58 bits per heavy atom. The molecule has 4 nitrogen and oxygen atoms in total. The second kappa shape index (κ2) is 6.42. The second-order valence-electron chi connectivity index (χ2n) is 3.76. The van der Waals surface area contributed by atoms with Crippen LogP contribution >= 0.6 is 0 Å². The van der Waals surface area contributed by atoms with Crippen molar-refractivity contribution in [2.24, 2.45) is 0 Å². The molecule has 19 heavy (non-hydrogen) atoms. The summed E-state index contributed by atoms with van der Waals surface area (Å²) in [6, 6.07) is 4.29. The fourth-order valence-corrected chi connectivity index (χ4v) is 1.39. The van der Waals surface area contributed by atoms with Crippen molar-refractivity contribution in [3.8, 4) is 5.75 Å². The van der Waals surface area contributed by atoms with Crippen molar-refractivity contribution in [1.82, 2.24) is 0 Å². The predicted molar refractivity (Wildman–Crippen MR) is 60.3 cm³/mol. The molecule has 0 aliphatic heterocycles. The van der Waals surface area contributed by atoms with Gasteiger partial charge in [0.1, 0.15) is 11.3 Å². The summed E-state index contributed by atoms with van der Waals surface area (Å²) in [4.78, 5) is 10.9. The van der Waals surface area contributed by atoms with E-state index >= 15 is 0 Å². The van der Waals surface area contributed by atoms with Crippen molar-refractivity contribution in [2.75, 3.05) is 13.7 Å². The number of rotatable bonds is 6. The minimum absolute atomic E-state index is 0.0561. The van der Waals surface area contributed by atoms with Crippen LogP contribution in [0.25, 0.3) is 0 Å². The standard InChI is InChI=1S/C12H13F3O4/c1-18-10-3-2-8(6-9(10)11(16)17)7-19-5-4-12(13,14)15/h2-3,6H,4-5,7H2,1H3,(H,16,17). The highest BCUT2D eigenvalue weighted by Gasteiger charge is 2.26. The number of carboxylic acid groups (broad SMARTS) is 1. The van der Waals surface area contributed by atoms with E-state index in [1.807, 2.05) is 0 Å². The Labute approximate surface area is 107 Å². The van der Waals surface area contributed by atoms with Gasteiger partial charge in [0.25, 0.3) is 0 Å². The molecule has 106 valence electrons. The summed E-state index contributed by atoms with van der Waals surface area (Å²) in [5, 5.41) is 8.93.